The third kappa shape index (κ3) is 5.67. The molecule has 1 aromatic carbocycles. The topological polar surface area (TPSA) is 131 Å². The maximum absolute atomic E-state index is 14.1. The van der Waals surface area contributed by atoms with Gasteiger partial charge in [-0.15, -0.1) is 0 Å². The molecule has 1 aromatic rings. The van der Waals surface area contributed by atoms with Gasteiger partial charge in [0, 0.05) is 24.9 Å². The van der Waals surface area contributed by atoms with E-state index in [0.29, 0.717) is 30.4 Å². The number of nitrogens with one attached hydrogen (secondary N) is 3. The molecule has 2 aliphatic heterocycles. The van der Waals surface area contributed by atoms with Gasteiger partial charge in [-0.1, -0.05) is 40.7 Å². The molecule has 0 bridgehead atoms. The molecule has 8 atom stereocenters. The summed E-state index contributed by atoms with van der Waals surface area (Å²) in [6.45, 7) is 10.7. The molecule has 4 amide bonds. The molecule has 2 aliphatic carbocycles. The van der Waals surface area contributed by atoms with Gasteiger partial charge in [0.15, 0.2) is 0 Å². The van der Waals surface area contributed by atoms with Crippen LogP contribution in [0.15, 0.2) is 22.7 Å². The van der Waals surface area contributed by atoms with E-state index in [1.165, 1.54) is 6.07 Å². The van der Waals surface area contributed by atoms with E-state index in [9.17, 15) is 28.8 Å². The number of hydrogen-bond acceptors (Lipinski definition) is 5. The van der Waals surface area contributed by atoms with E-state index in [4.69, 9.17) is 0 Å². The van der Waals surface area contributed by atoms with Crippen LogP contribution in [0, 0.1) is 51.6 Å². The van der Waals surface area contributed by atoms with Crippen molar-refractivity contribution >= 4 is 39.6 Å². The lowest BCUT2D eigenvalue weighted by Gasteiger charge is -2.38. The number of amides is 4. The third-order valence-electron chi connectivity index (χ3n) is 9.81. The van der Waals surface area contributed by atoms with Crippen LogP contribution in [0.5, 0.6) is 0 Å². The molecular weight excluding hydrogens is 605 g/mol. The molecule has 5 rings (SSSR count). The average Bonchev–Trinajstić information content (AvgIpc) is 3.67. The highest BCUT2D eigenvalue weighted by atomic mass is 79.9. The van der Waals surface area contributed by atoms with Crippen molar-refractivity contribution in [1.29, 1.82) is 5.26 Å². The zero-order chi connectivity index (χ0) is 30.7. The standard InChI is InChI=1S/C31H39BrFN5O4/c1-30(2,3)25(37-27(40)19-12-18(19)15-6-7-21(32)22(33)11-15)29(42)38-14-20-23(31(20,4)5)24(38)28(41)36-17(13-34)10-16-8-9-35-26(16)39/h6-7,11,16-20,23-25H,8-10,12,14H2,1-5H3,(H,35,39)(H,36,41)(H,37,40)/t16-,17-,18+,19-,20-,23-,24-,25+/m0/s1. The fraction of sp³-hybridized carbons (Fsp3) is 0.645. The van der Waals surface area contributed by atoms with E-state index in [1.54, 1.807) is 17.0 Å². The quantitative estimate of drug-likeness (QED) is 0.400. The van der Waals surface area contributed by atoms with E-state index in [-0.39, 0.29) is 65.0 Å². The molecule has 226 valence electrons. The minimum Gasteiger partial charge on any atom is -0.356 e. The van der Waals surface area contributed by atoms with Gasteiger partial charge in [0.2, 0.25) is 23.6 Å². The van der Waals surface area contributed by atoms with Gasteiger partial charge in [-0.3, -0.25) is 19.2 Å². The molecule has 42 heavy (non-hydrogen) atoms. The SMILES string of the molecule is CC(C)(C)[C@H](NC(=O)[C@H]1C[C@@H]1c1ccc(Br)c(F)c1)C(=O)N1C[C@H]2[C@@H]([C@H]1C(=O)N[C@H](C#N)C[C@@H]1CCNC1=O)C2(C)C. The molecule has 3 N–H and O–H groups in total. The number of carbonyl (C=O) groups is 4. The summed E-state index contributed by atoms with van der Waals surface area (Å²) in [5.74, 6) is -2.22. The summed E-state index contributed by atoms with van der Waals surface area (Å²) < 4.78 is 14.4. The first-order valence-electron chi connectivity index (χ1n) is 14.7. The average molecular weight is 645 g/mol. The fourth-order valence-corrected chi connectivity index (χ4v) is 7.28. The monoisotopic (exact) mass is 643 g/mol. The summed E-state index contributed by atoms with van der Waals surface area (Å²) in [6.07, 6.45) is 1.40. The second-order valence-electron chi connectivity index (χ2n) is 14.0. The van der Waals surface area contributed by atoms with Gasteiger partial charge in [0.1, 0.15) is 23.9 Å². The first-order chi connectivity index (χ1) is 19.6. The Bertz CT molecular complexity index is 1350. The number of piperidine rings is 1. The number of benzene rings is 1. The number of rotatable bonds is 8. The Morgan fingerprint density at radius 1 is 1.24 bits per heavy atom. The molecule has 9 nitrogen and oxygen atoms in total. The van der Waals surface area contributed by atoms with Crippen molar-refractivity contribution in [2.45, 2.75) is 77.9 Å². The molecule has 0 aromatic heterocycles. The summed E-state index contributed by atoms with van der Waals surface area (Å²) >= 11 is 3.16. The Labute approximate surface area is 254 Å². The highest BCUT2D eigenvalue weighted by Gasteiger charge is 2.70. The van der Waals surface area contributed by atoms with E-state index in [0.717, 1.165) is 5.56 Å². The Morgan fingerprint density at radius 2 is 1.95 bits per heavy atom. The molecule has 2 heterocycles. The Hall–Kier alpha value is -3.00. The van der Waals surface area contributed by atoms with Crippen molar-refractivity contribution in [3.8, 4) is 6.07 Å². The largest absolute Gasteiger partial charge is 0.356 e. The van der Waals surface area contributed by atoms with Crippen molar-refractivity contribution in [2.75, 3.05) is 13.1 Å². The molecule has 0 radical (unpaired) electrons. The summed E-state index contributed by atoms with van der Waals surface area (Å²) in [5, 5.41) is 18.3. The van der Waals surface area contributed by atoms with Crippen LogP contribution < -0.4 is 16.0 Å². The fourth-order valence-electron chi connectivity index (χ4n) is 7.03. The van der Waals surface area contributed by atoms with Crippen LogP contribution >= 0.6 is 15.9 Å². The van der Waals surface area contributed by atoms with Crippen LogP contribution in [0.1, 0.15) is 65.4 Å². The molecule has 11 heteroatoms. The van der Waals surface area contributed by atoms with Crippen LogP contribution in [0.3, 0.4) is 0 Å². The summed E-state index contributed by atoms with van der Waals surface area (Å²) in [4.78, 5) is 54.8. The van der Waals surface area contributed by atoms with E-state index < -0.39 is 29.4 Å². The molecule has 4 fully saturated rings. The number of halogens is 2. The maximum atomic E-state index is 14.1. The second kappa shape index (κ2) is 10.9. The first-order valence-corrected chi connectivity index (χ1v) is 15.5. The van der Waals surface area contributed by atoms with Crippen molar-refractivity contribution in [3.63, 3.8) is 0 Å². The van der Waals surface area contributed by atoms with Crippen LogP contribution in [-0.2, 0) is 19.2 Å². The summed E-state index contributed by atoms with van der Waals surface area (Å²) in [7, 11) is 0. The number of likely N-dealkylation sites (tertiary alicyclic amines) is 1. The zero-order valence-corrected chi connectivity index (χ0v) is 26.3. The highest BCUT2D eigenvalue weighted by Crippen LogP contribution is 2.65. The first kappa shape index (κ1) is 30.5. The van der Waals surface area contributed by atoms with Crippen LogP contribution in [-0.4, -0.2) is 59.7 Å². The number of fused-ring (bicyclic) bond motifs is 1. The van der Waals surface area contributed by atoms with Crippen molar-refractivity contribution in [1.82, 2.24) is 20.9 Å². The maximum Gasteiger partial charge on any atom is 0.246 e. The van der Waals surface area contributed by atoms with E-state index in [1.807, 2.05) is 20.8 Å². The number of carbonyl (C=O) groups excluding carboxylic acids is 4. The van der Waals surface area contributed by atoms with E-state index >= 15 is 0 Å². The normalized spacial score (nSPS) is 30.4. The molecule has 4 aliphatic rings. The van der Waals surface area contributed by atoms with E-state index in [2.05, 4.69) is 51.8 Å². The Balaban J connectivity index is 1.30. The molecule has 0 unspecified atom stereocenters. The van der Waals surface area contributed by atoms with Gasteiger partial charge in [-0.05, 0) is 81.5 Å². The minimum atomic E-state index is -0.877. The van der Waals surface area contributed by atoms with Gasteiger partial charge in [0.25, 0.3) is 0 Å². The third-order valence-corrected chi connectivity index (χ3v) is 10.5. The predicted molar refractivity (Wildman–Crippen MR) is 156 cm³/mol. The lowest BCUT2D eigenvalue weighted by atomic mass is 9.85. The minimum absolute atomic E-state index is 0.0630. The van der Waals surface area contributed by atoms with Gasteiger partial charge in [0.05, 0.1) is 10.5 Å². The van der Waals surface area contributed by atoms with Gasteiger partial charge >= 0.3 is 0 Å². The number of nitrogens with zero attached hydrogens (tertiary/aromatic N) is 2. The summed E-state index contributed by atoms with van der Waals surface area (Å²) in [6, 6.07) is 4.48. The molecule has 2 saturated carbocycles. The predicted octanol–water partition coefficient (Wildman–Crippen LogP) is 3.24. The lowest BCUT2D eigenvalue weighted by molar-refractivity contribution is -0.145. The van der Waals surface area contributed by atoms with Crippen molar-refractivity contribution < 1.29 is 23.6 Å². The smallest absolute Gasteiger partial charge is 0.246 e. The molecule has 2 saturated heterocycles. The van der Waals surface area contributed by atoms with Gasteiger partial charge in [-0.25, -0.2) is 4.39 Å². The van der Waals surface area contributed by atoms with Crippen molar-refractivity contribution in [3.05, 3.63) is 34.1 Å². The number of nitriles is 1. The zero-order valence-electron chi connectivity index (χ0n) is 24.7. The van der Waals surface area contributed by atoms with Crippen LogP contribution in [0.2, 0.25) is 0 Å². The molecule has 0 spiro atoms. The van der Waals surface area contributed by atoms with Gasteiger partial charge in [-0.2, -0.15) is 5.26 Å². The lowest BCUT2D eigenvalue weighted by Crippen LogP contribution is -2.60. The number of hydrogen-bond donors (Lipinski definition) is 3. The van der Waals surface area contributed by atoms with Gasteiger partial charge < -0.3 is 20.9 Å². The van der Waals surface area contributed by atoms with Crippen LogP contribution in [0.4, 0.5) is 4.39 Å². The molecular formula is C31H39BrFN5O4. The Kier molecular flexibility index (Phi) is 7.92. The summed E-state index contributed by atoms with van der Waals surface area (Å²) in [5.41, 5.74) is -0.0291. The van der Waals surface area contributed by atoms with Crippen LogP contribution in [0.25, 0.3) is 0 Å². The highest BCUT2D eigenvalue weighted by molar-refractivity contribution is 9.10. The Morgan fingerprint density at radius 3 is 2.55 bits per heavy atom. The van der Waals surface area contributed by atoms with Crippen molar-refractivity contribution in [2.24, 2.45) is 34.5 Å². The second-order valence-corrected chi connectivity index (χ2v) is 14.9.